The fourth-order valence-electron chi connectivity index (χ4n) is 1.70. The van der Waals surface area contributed by atoms with Crippen LogP contribution in [0.3, 0.4) is 0 Å². The van der Waals surface area contributed by atoms with E-state index >= 15 is 0 Å². The van der Waals surface area contributed by atoms with Gasteiger partial charge < -0.3 is 10.4 Å². The second-order valence-corrected chi connectivity index (χ2v) is 4.34. The summed E-state index contributed by atoms with van der Waals surface area (Å²) in [6.07, 6.45) is 1.73. The molecule has 0 saturated heterocycles. The number of carbonyl (C=O) groups excluding carboxylic acids is 1. The highest BCUT2D eigenvalue weighted by Gasteiger charge is 2.14. The average molecular weight is 287 g/mol. The van der Waals surface area contributed by atoms with Gasteiger partial charge in [-0.3, -0.25) is 9.48 Å². The van der Waals surface area contributed by atoms with Crippen LogP contribution >= 0.6 is 0 Å². The summed E-state index contributed by atoms with van der Waals surface area (Å²) in [7, 11) is 1.75. The van der Waals surface area contributed by atoms with Crippen LogP contribution in [-0.2, 0) is 11.8 Å². The van der Waals surface area contributed by atoms with Gasteiger partial charge in [0.25, 0.3) is 5.91 Å². The highest BCUT2D eigenvalue weighted by atomic mass is 16.3. The minimum atomic E-state index is -0.777. The molecule has 0 aliphatic rings. The summed E-state index contributed by atoms with van der Waals surface area (Å²) < 4.78 is 1.56. The number of aryl methyl sites for hydroxylation is 1. The molecule has 1 amide bonds. The quantitative estimate of drug-likeness (QED) is 0.507. The Bertz CT molecular complexity index is 716. The third kappa shape index (κ3) is 3.30. The summed E-state index contributed by atoms with van der Waals surface area (Å²) in [6.45, 7) is 1.21. The lowest BCUT2D eigenvalue weighted by molar-refractivity contribution is -0.113. The summed E-state index contributed by atoms with van der Waals surface area (Å²) in [5, 5.41) is 22.0. The number of aromatic nitrogens is 3. The lowest BCUT2D eigenvalue weighted by atomic mass is 10.1. The minimum absolute atomic E-state index is 0.437. The number of rotatable bonds is 4. The van der Waals surface area contributed by atoms with Crippen LogP contribution in [0.1, 0.15) is 6.92 Å². The van der Waals surface area contributed by atoms with Crippen molar-refractivity contribution in [1.82, 2.24) is 15.0 Å². The van der Waals surface area contributed by atoms with E-state index in [4.69, 9.17) is 0 Å². The topological polar surface area (TPSA) is 109 Å². The second-order valence-electron chi connectivity index (χ2n) is 4.34. The highest BCUT2D eigenvalue weighted by molar-refractivity contribution is 6.03. The first-order valence-corrected chi connectivity index (χ1v) is 6.02. The van der Waals surface area contributed by atoms with Gasteiger partial charge in [0.1, 0.15) is 11.5 Å². The summed E-state index contributed by atoms with van der Waals surface area (Å²) in [5.74, 6) is -1.21. The fraction of sp³-hybridized carbons (Fsp3) is 0.154. The minimum Gasteiger partial charge on any atom is -0.510 e. The van der Waals surface area contributed by atoms with E-state index in [0.29, 0.717) is 11.4 Å². The lowest BCUT2D eigenvalue weighted by Gasteiger charge is -2.05. The first-order chi connectivity index (χ1) is 10.0. The molecular weight excluding hydrogens is 274 g/mol. The molecule has 21 heavy (non-hydrogen) atoms. The predicted octanol–water partition coefficient (Wildman–Crippen LogP) is 1.98. The van der Waals surface area contributed by atoms with E-state index in [2.05, 4.69) is 20.8 Å². The molecule has 0 bridgehead atoms. The number of hydrogen-bond donors (Lipinski definition) is 2. The van der Waals surface area contributed by atoms with Crippen molar-refractivity contribution in [2.75, 3.05) is 5.32 Å². The maximum atomic E-state index is 11.8. The predicted molar refractivity (Wildman–Crippen MR) is 76.2 cm³/mol. The lowest BCUT2D eigenvalue weighted by Crippen LogP contribution is -2.14. The first kappa shape index (κ1) is 14.4. The zero-order valence-electron chi connectivity index (χ0n) is 11.4. The Morgan fingerprint density at radius 3 is 2.76 bits per heavy atom. The van der Waals surface area contributed by atoms with Crippen molar-refractivity contribution < 1.29 is 9.90 Å². The number of nitroso groups, excluding NO2 is 1. The van der Waals surface area contributed by atoms with Gasteiger partial charge in [0.05, 0.1) is 6.20 Å². The van der Waals surface area contributed by atoms with Crippen LogP contribution in [0, 0.1) is 4.91 Å². The molecule has 2 N–H and O–H groups in total. The molecule has 0 spiro atoms. The molecule has 8 nitrogen and oxygen atoms in total. The normalized spacial score (nSPS) is 11.7. The number of aliphatic hydroxyl groups is 1. The van der Waals surface area contributed by atoms with E-state index in [1.165, 1.54) is 6.92 Å². The maximum absolute atomic E-state index is 11.8. The molecule has 108 valence electrons. The van der Waals surface area contributed by atoms with Crippen molar-refractivity contribution >= 4 is 11.6 Å². The van der Waals surface area contributed by atoms with Crippen LogP contribution < -0.4 is 5.32 Å². The number of carbonyl (C=O) groups is 1. The van der Waals surface area contributed by atoms with Crippen LogP contribution in [0.15, 0.2) is 47.1 Å². The van der Waals surface area contributed by atoms with Crippen LogP contribution in [0.2, 0.25) is 0 Å². The number of nitrogens with zero attached hydrogens (tertiary/aromatic N) is 4. The standard InChI is InChI=1S/C13H13N5O3/c1-8(19)12(16-21)13(20)14-10-5-3-4-9(6-10)11-7-18(2)17-15-11/h3-7,19H,1-2H3,(H,14,20)/b12-8+. The molecule has 0 atom stereocenters. The van der Waals surface area contributed by atoms with Crippen molar-refractivity contribution in [3.05, 3.63) is 46.8 Å². The number of amides is 1. The van der Waals surface area contributed by atoms with Gasteiger partial charge in [0, 0.05) is 18.3 Å². The van der Waals surface area contributed by atoms with E-state index in [-0.39, 0.29) is 0 Å². The molecule has 0 radical (unpaired) electrons. The Hall–Kier alpha value is -3.03. The number of nitrogens with one attached hydrogen (secondary N) is 1. The highest BCUT2D eigenvalue weighted by Crippen LogP contribution is 2.20. The molecule has 8 heteroatoms. The molecule has 0 saturated carbocycles. The van der Waals surface area contributed by atoms with Gasteiger partial charge >= 0.3 is 0 Å². The van der Waals surface area contributed by atoms with E-state index < -0.39 is 17.4 Å². The Morgan fingerprint density at radius 2 is 2.19 bits per heavy atom. The number of hydrogen-bond acceptors (Lipinski definition) is 6. The van der Waals surface area contributed by atoms with Crippen molar-refractivity contribution in [3.63, 3.8) is 0 Å². The molecule has 1 heterocycles. The van der Waals surface area contributed by atoms with E-state index in [1.807, 2.05) is 6.07 Å². The fourth-order valence-corrected chi connectivity index (χ4v) is 1.70. The van der Waals surface area contributed by atoms with Crippen molar-refractivity contribution in [1.29, 1.82) is 0 Å². The van der Waals surface area contributed by atoms with Gasteiger partial charge in [-0.05, 0) is 24.2 Å². The van der Waals surface area contributed by atoms with E-state index in [0.717, 1.165) is 5.56 Å². The summed E-state index contributed by atoms with van der Waals surface area (Å²) in [4.78, 5) is 22.3. The van der Waals surface area contributed by atoms with Crippen molar-refractivity contribution in [3.8, 4) is 11.3 Å². The van der Waals surface area contributed by atoms with Gasteiger partial charge in [-0.1, -0.05) is 17.3 Å². The molecule has 2 rings (SSSR count). The largest absolute Gasteiger partial charge is 0.510 e. The molecular formula is C13H13N5O3. The maximum Gasteiger partial charge on any atom is 0.281 e. The van der Waals surface area contributed by atoms with Gasteiger partial charge in [0.2, 0.25) is 5.70 Å². The SMILES string of the molecule is C/C(O)=C(\N=O)C(=O)Nc1cccc(-c2cn(C)nn2)c1. The van der Waals surface area contributed by atoms with Crippen molar-refractivity contribution in [2.45, 2.75) is 6.92 Å². The first-order valence-electron chi connectivity index (χ1n) is 6.02. The molecule has 0 aliphatic heterocycles. The van der Waals surface area contributed by atoms with Gasteiger partial charge in [-0.15, -0.1) is 10.0 Å². The molecule has 1 aromatic heterocycles. The molecule has 0 fully saturated rings. The van der Waals surface area contributed by atoms with Crippen LogP contribution in [0.4, 0.5) is 5.69 Å². The second kappa shape index (κ2) is 5.95. The third-order valence-electron chi connectivity index (χ3n) is 2.67. The van der Waals surface area contributed by atoms with Gasteiger partial charge in [0.15, 0.2) is 0 Å². The monoisotopic (exact) mass is 287 g/mol. The summed E-state index contributed by atoms with van der Waals surface area (Å²) >= 11 is 0. The molecule has 1 aromatic carbocycles. The Balaban J connectivity index is 2.24. The molecule has 0 aliphatic carbocycles. The van der Waals surface area contributed by atoms with E-state index in [1.54, 1.807) is 36.1 Å². The summed E-state index contributed by atoms with van der Waals surface area (Å²) in [6, 6.07) is 6.86. The van der Waals surface area contributed by atoms with Crippen LogP contribution in [0.25, 0.3) is 11.3 Å². The zero-order valence-corrected chi connectivity index (χ0v) is 11.4. The number of aliphatic hydroxyl groups excluding tert-OH is 1. The van der Waals surface area contributed by atoms with Crippen LogP contribution in [-0.4, -0.2) is 26.0 Å². The number of allylic oxidation sites excluding steroid dienone is 1. The summed E-state index contributed by atoms with van der Waals surface area (Å²) in [5.41, 5.74) is 1.30. The smallest absolute Gasteiger partial charge is 0.281 e. The molecule has 0 unspecified atom stereocenters. The molecule has 2 aromatic rings. The Kier molecular flexibility index (Phi) is 4.07. The Labute approximate surface area is 120 Å². The van der Waals surface area contributed by atoms with Gasteiger partial charge in [-0.25, -0.2) is 0 Å². The average Bonchev–Trinajstić information content (AvgIpc) is 2.86. The Morgan fingerprint density at radius 1 is 1.43 bits per heavy atom. The zero-order chi connectivity index (χ0) is 15.4. The third-order valence-corrected chi connectivity index (χ3v) is 2.67. The van der Waals surface area contributed by atoms with Crippen molar-refractivity contribution in [2.24, 2.45) is 12.2 Å². The van der Waals surface area contributed by atoms with E-state index in [9.17, 15) is 14.8 Å². The van der Waals surface area contributed by atoms with Crippen LogP contribution in [0.5, 0.6) is 0 Å². The van der Waals surface area contributed by atoms with Gasteiger partial charge in [-0.2, -0.15) is 0 Å². The number of anilines is 1. The number of benzene rings is 1.